The zero-order chi connectivity index (χ0) is 16.8. The van der Waals surface area contributed by atoms with Gasteiger partial charge in [-0.25, -0.2) is 0 Å². The van der Waals surface area contributed by atoms with Crippen LogP contribution in [0.1, 0.15) is 50.4 Å². The Hall–Kier alpha value is -1.84. The van der Waals surface area contributed by atoms with Crippen LogP contribution in [0.5, 0.6) is 0 Å². The van der Waals surface area contributed by atoms with Gasteiger partial charge in [-0.1, -0.05) is 45.4 Å². The molecule has 0 radical (unpaired) electrons. The molecule has 0 bridgehead atoms. The second-order valence-electron chi connectivity index (χ2n) is 6.90. The van der Waals surface area contributed by atoms with Crippen molar-refractivity contribution in [3.63, 3.8) is 0 Å². The van der Waals surface area contributed by atoms with E-state index in [-0.39, 0.29) is 24.5 Å². The number of carbonyl (C=O) groups is 2. The standard InChI is InChI=1S/C19H27NO3/c1-13(2)16-10-9-14(3)11-17(16)23-18(21)12-20-19(22)15-7-5-4-6-8-15/h4-8,13-14,16-17H,9-12H2,1-3H3,(H,20,22). The largest absolute Gasteiger partial charge is 0.461 e. The summed E-state index contributed by atoms with van der Waals surface area (Å²) in [4.78, 5) is 24.0. The van der Waals surface area contributed by atoms with Crippen LogP contribution in [0.25, 0.3) is 0 Å². The molecule has 1 N–H and O–H groups in total. The number of ether oxygens (including phenoxy) is 1. The number of hydrogen-bond acceptors (Lipinski definition) is 3. The molecule has 1 aromatic carbocycles. The van der Waals surface area contributed by atoms with E-state index >= 15 is 0 Å². The monoisotopic (exact) mass is 317 g/mol. The lowest BCUT2D eigenvalue weighted by atomic mass is 9.75. The molecule has 1 amide bonds. The molecular formula is C19H27NO3. The Balaban J connectivity index is 1.84. The second kappa shape index (κ2) is 8.14. The molecule has 126 valence electrons. The molecule has 4 heteroatoms. The van der Waals surface area contributed by atoms with Gasteiger partial charge in [0.25, 0.3) is 5.91 Å². The van der Waals surface area contributed by atoms with Crippen molar-refractivity contribution < 1.29 is 14.3 Å². The highest BCUT2D eigenvalue weighted by molar-refractivity contribution is 5.95. The molecule has 1 aliphatic carbocycles. The summed E-state index contributed by atoms with van der Waals surface area (Å²) in [5, 5.41) is 2.63. The van der Waals surface area contributed by atoms with E-state index in [4.69, 9.17) is 4.74 Å². The maximum Gasteiger partial charge on any atom is 0.325 e. The Kier molecular flexibility index (Phi) is 6.20. The van der Waals surface area contributed by atoms with Gasteiger partial charge < -0.3 is 10.1 Å². The fourth-order valence-electron chi connectivity index (χ4n) is 3.30. The molecular weight excluding hydrogens is 290 g/mol. The number of amides is 1. The van der Waals surface area contributed by atoms with E-state index in [1.165, 1.54) is 6.42 Å². The predicted molar refractivity (Wildman–Crippen MR) is 90.0 cm³/mol. The number of nitrogens with one attached hydrogen (secondary N) is 1. The van der Waals surface area contributed by atoms with E-state index in [9.17, 15) is 9.59 Å². The Morgan fingerprint density at radius 3 is 2.57 bits per heavy atom. The molecule has 0 spiro atoms. The summed E-state index contributed by atoms with van der Waals surface area (Å²) in [5.41, 5.74) is 0.548. The molecule has 0 aliphatic heterocycles. The number of esters is 1. The van der Waals surface area contributed by atoms with Crippen molar-refractivity contribution in [1.29, 1.82) is 0 Å². The molecule has 1 aromatic rings. The number of hydrogen-bond donors (Lipinski definition) is 1. The van der Waals surface area contributed by atoms with Gasteiger partial charge in [-0.05, 0) is 42.7 Å². The minimum Gasteiger partial charge on any atom is -0.461 e. The normalized spacial score (nSPS) is 24.3. The molecule has 23 heavy (non-hydrogen) atoms. The molecule has 0 saturated heterocycles. The number of benzene rings is 1. The molecule has 3 atom stereocenters. The van der Waals surface area contributed by atoms with E-state index < -0.39 is 0 Å². The Labute approximate surface area is 138 Å². The average Bonchev–Trinajstić information content (AvgIpc) is 2.53. The van der Waals surface area contributed by atoms with Crippen LogP contribution in [-0.4, -0.2) is 24.5 Å². The first-order chi connectivity index (χ1) is 11.0. The van der Waals surface area contributed by atoms with Crippen LogP contribution in [0.4, 0.5) is 0 Å². The predicted octanol–water partition coefficient (Wildman–Crippen LogP) is 3.42. The highest BCUT2D eigenvalue weighted by atomic mass is 16.5. The van der Waals surface area contributed by atoms with Gasteiger partial charge in [-0.3, -0.25) is 9.59 Å². The quantitative estimate of drug-likeness (QED) is 0.847. The molecule has 0 heterocycles. The summed E-state index contributed by atoms with van der Waals surface area (Å²) in [5.74, 6) is 0.903. The van der Waals surface area contributed by atoms with E-state index in [1.54, 1.807) is 24.3 Å². The van der Waals surface area contributed by atoms with Crippen molar-refractivity contribution in [1.82, 2.24) is 5.32 Å². The van der Waals surface area contributed by atoms with Crippen molar-refractivity contribution in [3.8, 4) is 0 Å². The summed E-state index contributed by atoms with van der Waals surface area (Å²) in [6.45, 7) is 6.48. The Morgan fingerprint density at radius 2 is 1.91 bits per heavy atom. The van der Waals surface area contributed by atoms with Crippen LogP contribution in [0, 0.1) is 17.8 Å². The van der Waals surface area contributed by atoms with Crippen molar-refractivity contribution in [2.24, 2.45) is 17.8 Å². The summed E-state index contributed by atoms with van der Waals surface area (Å²) < 4.78 is 5.67. The van der Waals surface area contributed by atoms with Gasteiger partial charge in [0.05, 0.1) is 0 Å². The highest BCUT2D eigenvalue weighted by Crippen LogP contribution is 2.35. The maximum atomic E-state index is 12.1. The fourth-order valence-corrected chi connectivity index (χ4v) is 3.30. The van der Waals surface area contributed by atoms with E-state index in [0.29, 0.717) is 23.3 Å². The van der Waals surface area contributed by atoms with Crippen LogP contribution in [-0.2, 0) is 9.53 Å². The first kappa shape index (κ1) is 17.5. The van der Waals surface area contributed by atoms with Crippen LogP contribution < -0.4 is 5.32 Å². The van der Waals surface area contributed by atoms with Crippen molar-refractivity contribution in [3.05, 3.63) is 35.9 Å². The van der Waals surface area contributed by atoms with Gasteiger partial charge in [0.2, 0.25) is 0 Å². The van der Waals surface area contributed by atoms with Gasteiger partial charge in [0.1, 0.15) is 12.6 Å². The van der Waals surface area contributed by atoms with Crippen LogP contribution in [0.2, 0.25) is 0 Å². The lowest BCUT2D eigenvalue weighted by Gasteiger charge is -2.36. The van der Waals surface area contributed by atoms with Crippen LogP contribution >= 0.6 is 0 Å². The van der Waals surface area contributed by atoms with E-state index in [1.807, 2.05) is 6.07 Å². The minimum atomic E-state index is -0.348. The zero-order valence-corrected chi connectivity index (χ0v) is 14.2. The lowest BCUT2D eigenvalue weighted by molar-refractivity contribution is -0.154. The lowest BCUT2D eigenvalue weighted by Crippen LogP contribution is -2.39. The van der Waals surface area contributed by atoms with E-state index in [2.05, 4.69) is 26.1 Å². The number of carbonyl (C=O) groups excluding carboxylic acids is 2. The average molecular weight is 317 g/mol. The summed E-state index contributed by atoms with van der Waals surface area (Å²) in [6.07, 6.45) is 3.19. The van der Waals surface area contributed by atoms with Crippen molar-refractivity contribution in [2.75, 3.05) is 6.54 Å². The van der Waals surface area contributed by atoms with Gasteiger partial charge in [0, 0.05) is 5.56 Å². The van der Waals surface area contributed by atoms with E-state index in [0.717, 1.165) is 12.8 Å². The fraction of sp³-hybridized carbons (Fsp3) is 0.579. The SMILES string of the molecule is CC1CCC(C(C)C)C(OC(=O)CNC(=O)c2ccccc2)C1. The number of rotatable bonds is 5. The Bertz CT molecular complexity index is 527. The van der Waals surface area contributed by atoms with Crippen LogP contribution in [0.3, 0.4) is 0 Å². The summed E-state index contributed by atoms with van der Waals surface area (Å²) in [6, 6.07) is 8.88. The molecule has 4 nitrogen and oxygen atoms in total. The highest BCUT2D eigenvalue weighted by Gasteiger charge is 2.33. The van der Waals surface area contributed by atoms with Crippen LogP contribution in [0.15, 0.2) is 30.3 Å². The zero-order valence-electron chi connectivity index (χ0n) is 14.2. The third kappa shape index (κ3) is 5.08. The van der Waals surface area contributed by atoms with Gasteiger partial charge in [0.15, 0.2) is 0 Å². The maximum absolute atomic E-state index is 12.1. The molecule has 1 fully saturated rings. The van der Waals surface area contributed by atoms with Crippen molar-refractivity contribution in [2.45, 2.75) is 46.1 Å². The third-order valence-corrected chi connectivity index (χ3v) is 4.67. The molecule has 2 rings (SSSR count). The van der Waals surface area contributed by atoms with Crippen molar-refractivity contribution >= 4 is 11.9 Å². The Morgan fingerprint density at radius 1 is 1.22 bits per heavy atom. The second-order valence-corrected chi connectivity index (χ2v) is 6.90. The first-order valence-corrected chi connectivity index (χ1v) is 8.50. The topological polar surface area (TPSA) is 55.4 Å². The minimum absolute atomic E-state index is 0.0279. The molecule has 1 aliphatic rings. The smallest absolute Gasteiger partial charge is 0.325 e. The summed E-state index contributed by atoms with van der Waals surface area (Å²) in [7, 11) is 0. The molecule has 3 unspecified atom stereocenters. The molecule has 1 saturated carbocycles. The summed E-state index contributed by atoms with van der Waals surface area (Å²) >= 11 is 0. The third-order valence-electron chi connectivity index (χ3n) is 4.67. The van der Waals surface area contributed by atoms with Gasteiger partial charge in [-0.15, -0.1) is 0 Å². The first-order valence-electron chi connectivity index (χ1n) is 8.50. The van der Waals surface area contributed by atoms with Gasteiger partial charge >= 0.3 is 5.97 Å². The molecule has 0 aromatic heterocycles. The van der Waals surface area contributed by atoms with Gasteiger partial charge in [-0.2, -0.15) is 0 Å².